The van der Waals surface area contributed by atoms with Gasteiger partial charge in [0.05, 0.1) is 0 Å². The molecule has 0 saturated heterocycles. The van der Waals surface area contributed by atoms with E-state index in [0.717, 1.165) is 8.92 Å². The average Bonchev–Trinajstić information content (AvgIpc) is 2.72. The first-order valence-corrected chi connectivity index (χ1v) is 11.6. The van der Waals surface area contributed by atoms with Gasteiger partial charge in [-0.2, -0.15) is 0 Å². The van der Waals surface area contributed by atoms with Crippen molar-refractivity contribution >= 4 is 44.6 Å². The molecule has 28 heavy (non-hydrogen) atoms. The number of carbonyl (C=O) groups is 1. The Balaban J connectivity index is 2.04. The van der Waals surface area contributed by atoms with Crippen molar-refractivity contribution in [3.05, 3.63) is 95.3 Å². The second-order valence-corrected chi connectivity index (χ2v) is 12.0. The summed E-state index contributed by atoms with van der Waals surface area (Å²) in [5, 5.41) is 0. The molecule has 144 valence electrons. The fraction of sp³-hybridized carbons (Fsp3) is 0.0500. The Kier molecular flexibility index (Phi) is 6.68. The molecule has 0 atom stereocenters. The molecule has 0 fully saturated rings. The molecule has 3 rings (SSSR count). The average molecular weight is 520 g/mol. The number of Topliss-reactive ketones (excluding diaryl/α,β-unsaturated/α-hetero) is 1. The molecular formula is C20H11F5OSe2. The van der Waals surface area contributed by atoms with E-state index in [1.54, 1.807) is 60.7 Å². The molecule has 0 aliphatic rings. The Bertz CT molecular complexity index is 926. The second-order valence-electron chi connectivity index (χ2n) is 5.50. The number of hydrogen-bond donors (Lipinski definition) is 0. The Morgan fingerprint density at radius 3 is 1.36 bits per heavy atom. The van der Waals surface area contributed by atoms with Crippen molar-refractivity contribution in [1.82, 2.24) is 0 Å². The van der Waals surface area contributed by atoms with Crippen molar-refractivity contribution < 1.29 is 26.7 Å². The summed E-state index contributed by atoms with van der Waals surface area (Å²) in [4.78, 5) is 12.9. The van der Waals surface area contributed by atoms with Crippen molar-refractivity contribution in [3.8, 4) is 0 Å². The molecule has 0 saturated carbocycles. The second kappa shape index (κ2) is 9.01. The van der Waals surface area contributed by atoms with E-state index in [1.165, 1.54) is 0 Å². The van der Waals surface area contributed by atoms with E-state index in [9.17, 15) is 26.7 Å². The van der Waals surface area contributed by atoms with E-state index in [2.05, 4.69) is 0 Å². The quantitative estimate of drug-likeness (QED) is 0.160. The van der Waals surface area contributed by atoms with Gasteiger partial charge in [-0.05, 0) is 0 Å². The molecule has 3 aromatic carbocycles. The SMILES string of the molecule is O=C(c1c(F)c(F)c(F)c(F)c1F)C([Se]c1ccccc1)[Se]c1ccccc1. The van der Waals surface area contributed by atoms with E-state index in [-0.39, 0.29) is 0 Å². The molecule has 0 bridgehead atoms. The maximum atomic E-state index is 14.2. The van der Waals surface area contributed by atoms with Gasteiger partial charge in [0.15, 0.2) is 0 Å². The standard InChI is InChI=1S/C20H11F5OSe2/c21-14-13(15(22)17(24)18(25)16(14)23)19(26)20(27-11-7-3-1-4-8-11)28-12-9-5-2-6-10-12/h1-10,20H. The topological polar surface area (TPSA) is 17.1 Å². The third-order valence-electron chi connectivity index (χ3n) is 3.64. The van der Waals surface area contributed by atoms with Crippen LogP contribution in [-0.2, 0) is 0 Å². The Morgan fingerprint density at radius 1 is 0.607 bits per heavy atom. The van der Waals surface area contributed by atoms with Crippen LogP contribution in [-0.4, -0.2) is 35.7 Å². The van der Waals surface area contributed by atoms with Crippen molar-refractivity contribution in [2.75, 3.05) is 0 Å². The van der Waals surface area contributed by atoms with Gasteiger partial charge in [0.1, 0.15) is 0 Å². The molecular weight excluding hydrogens is 509 g/mol. The minimum atomic E-state index is -2.27. The molecule has 0 heterocycles. The number of ketones is 1. The fourth-order valence-corrected chi connectivity index (χ4v) is 8.66. The third-order valence-corrected chi connectivity index (χ3v) is 9.82. The van der Waals surface area contributed by atoms with Gasteiger partial charge in [0.25, 0.3) is 0 Å². The Hall–Kier alpha value is -1.98. The van der Waals surface area contributed by atoms with Crippen LogP contribution in [0.5, 0.6) is 0 Å². The van der Waals surface area contributed by atoms with Crippen LogP contribution < -0.4 is 8.92 Å². The van der Waals surface area contributed by atoms with Crippen LogP contribution in [0.15, 0.2) is 60.7 Å². The molecule has 3 aromatic rings. The zero-order valence-corrected chi connectivity index (χ0v) is 17.4. The van der Waals surface area contributed by atoms with Crippen LogP contribution in [0, 0.1) is 29.1 Å². The van der Waals surface area contributed by atoms with Crippen molar-refractivity contribution in [3.63, 3.8) is 0 Å². The molecule has 0 radical (unpaired) electrons. The van der Waals surface area contributed by atoms with Crippen LogP contribution in [0.2, 0.25) is 3.71 Å². The summed E-state index contributed by atoms with van der Waals surface area (Å²) in [5.74, 6) is -11.7. The molecule has 0 aromatic heterocycles. The number of benzene rings is 3. The zero-order valence-electron chi connectivity index (χ0n) is 14.0. The van der Waals surface area contributed by atoms with Gasteiger partial charge in [0, 0.05) is 0 Å². The predicted molar refractivity (Wildman–Crippen MR) is 98.0 cm³/mol. The van der Waals surface area contributed by atoms with E-state index < -0.39 is 74.1 Å². The van der Waals surface area contributed by atoms with E-state index >= 15 is 0 Å². The zero-order chi connectivity index (χ0) is 20.3. The van der Waals surface area contributed by atoms with Crippen LogP contribution in [0.1, 0.15) is 10.4 Å². The number of hydrogen-bond acceptors (Lipinski definition) is 1. The first-order chi connectivity index (χ1) is 13.4. The molecule has 0 aliphatic heterocycles. The molecule has 0 spiro atoms. The van der Waals surface area contributed by atoms with Crippen LogP contribution in [0.4, 0.5) is 22.0 Å². The summed E-state index contributed by atoms with van der Waals surface area (Å²) in [6.07, 6.45) is 0. The summed E-state index contributed by atoms with van der Waals surface area (Å²) < 4.78 is 69.5. The van der Waals surface area contributed by atoms with E-state index in [1.807, 2.05) is 0 Å². The van der Waals surface area contributed by atoms with Gasteiger partial charge < -0.3 is 0 Å². The molecule has 0 amide bonds. The first kappa shape index (κ1) is 20.7. The molecule has 0 aliphatic carbocycles. The summed E-state index contributed by atoms with van der Waals surface area (Å²) >= 11 is -1.12. The van der Waals surface area contributed by atoms with Crippen molar-refractivity contribution in [2.24, 2.45) is 0 Å². The van der Waals surface area contributed by atoms with Gasteiger partial charge in [-0.15, -0.1) is 0 Å². The monoisotopic (exact) mass is 522 g/mol. The summed E-state index contributed by atoms with van der Waals surface area (Å²) in [7, 11) is 0. The molecule has 0 N–H and O–H groups in total. The predicted octanol–water partition coefficient (Wildman–Crippen LogP) is 3.37. The van der Waals surface area contributed by atoms with Crippen LogP contribution in [0.25, 0.3) is 0 Å². The normalized spacial score (nSPS) is 11.1. The summed E-state index contributed by atoms with van der Waals surface area (Å²) in [6, 6.07) is 17.6. The van der Waals surface area contributed by atoms with Crippen molar-refractivity contribution in [1.29, 1.82) is 0 Å². The van der Waals surface area contributed by atoms with Gasteiger partial charge in [-0.25, -0.2) is 0 Å². The van der Waals surface area contributed by atoms with Crippen molar-refractivity contribution in [2.45, 2.75) is 3.71 Å². The Morgan fingerprint density at radius 2 is 0.964 bits per heavy atom. The Labute approximate surface area is 170 Å². The van der Waals surface area contributed by atoms with Gasteiger partial charge >= 0.3 is 170 Å². The van der Waals surface area contributed by atoms with Crippen LogP contribution in [0.3, 0.4) is 0 Å². The first-order valence-electron chi connectivity index (χ1n) is 7.89. The van der Waals surface area contributed by atoms with Crippen LogP contribution >= 0.6 is 0 Å². The summed E-state index contributed by atoms with van der Waals surface area (Å²) in [6.45, 7) is 0. The molecule has 8 heteroatoms. The molecule has 1 nitrogen and oxygen atoms in total. The molecule has 0 unspecified atom stereocenters. The minimum absolute atomic E-state index is 0.561. The van der Waals surface area contributed by atoms with E-state index in [4.69, 9.17) is 0 Å². The number of carbonyl (C=O) groups excluding carboxylic acids is 1. The third kappa shape index (κ3) is 4.36. The number of rotatable bonds is 6. The van der Waals surface area contributed by atoms with Gasteiger partial charge in [0.2, 0.25) is 0 Å². The number of halogens is 5. The van der Waals surface area contributed by atoms with Gasteiger partial charge in [-0.1, -0.05) is 0 Å². The maximum absolute atomic E-state index is 14.2. The van der Waals surface area contributed by atoms with Gasteiger partial charge in [-0.3, -0.25) is 0 Å². The summed E-state index contributed by atoms with van der Waals surface area (Å²) in [5.41, 5.74) is -1.36. The fourth-order valence-electron chi connectivity index (χ4n) is 2.32. The van der Waals surface area contributed by atoms with E-state index in [0.29, 0.717) is 0 Å².